The number of alkyl halides is 2. The van der Waals surface area contributed by atoms with E-state index >= 15 is 0 Å². The van der Waals surface area contributed by atoms with Gasteiger partial charge in [0.1, 0.15) is 0 Å². The summed E-state index contributed by atoms with van der Waals surface area (Å²) in [7, 11) is -0.0146. The van der Waals surface area contributed by atoms with Crippen molar-refractivity contribution in [2.75, 3.05) is 0 Å². The van der Waals surface area contributed by atoms with E-state index in [1.165, 1.54) is 28.5 Å². The van der Waals surface area contributed by atoms with Crippen LogP contribution in [0, 0.1) is 0 Å². The van der Waals surface area contributed by atoms with E-state index in [1.807, 2.05) is 0 Å². The van der Waals surface area contributed by atoms with Gasteiger partial charge < -0.3 is 9.84 Å². The number of halogens is 2. The Morgan fingerprint density at radius 3 is 1.50 bits per heavy atom. The van der Waals surface area contributed by atoms with Crippen LogP contribution in [0.4, 0.5) is 8.78 Å². The Balaban J connectivity index is 0.000000249. The highest BCUT2D eigenvalue weighted by molar-refractivity contribution is 7.97. The number of benzene rings is 3. The first-order chi connectivity index (χ1) is 16.2. The Morgan fingerprint density at radius 2 is 1.24 bits per heavy atom. The fraction of sp³-hybridized carbons (Fsp3) is 0.185. The van der Waals surface area contributed by atoms with Crippen LogP contribution in [0.2, 0.25) is 0 Å². The second-order valence-electron chi connectivity index (χ2n) is 7.26. The van der Waals surface area contributed by atoms with Crippen LogP contribution in [0.5, 0.6) is 0 Å². The molecule has 0 heterocycles. The van der Waals surface area contributed by atoms with Crippen molar-refractivity contribution in [1.82, 2.24) is 0 Å². The number of esters is 1. The number of hydrogen-bond acceptors (Lipinski definition) is 3. The molecule has 0 spiro atoms. The Hall–Kier alpha value is -3.45. The number of rotatable bonds is 8. The maximum atomic E-state index is 12.9. The Bertz CT molecular complexity index is 980. The zero-order chi connectivity index (χ0) is 25.1. The van der Waals surface area contributed by atoms with Crippen LogP contribution >= 0.6 is 0 Å². The summed E-state index contributed by atoms with van der Waals surface area (Å²) in [5.41, 5.74) is -0.0605. The highest BCUT2D eigenvalue weighted by Crippen LogP contribution is 2.30. The molecule has 34 heavy (non-hydrogen) atoms. The molecular formula is C27H27F2O4S+. The first-order valence-corrected chi connectivity index (χ1v) is 11.8. The topological polar surface area (TPSA) is 63.6 Å². The number of ether oxygens (including phenoxy) is 1. The smallest absolute Gasteiger partial charge is 0.378 e. The van der Waals surface area contributed by atoms with Crippen molar-refractivity contribution in [2.24, 2.45) is 0 Å². The molecule has 3 aromatic carbocycles. The van der Waals surface area contributed by atoms with Gasteiger partial charge in [0, 0.05) is 5.57 Å². The lowest BCUT2D eigenvalue weighted by molar-refractivity contribution is -0.191. The third kappa shape index (κ3) is 7.28. The van der Waals surface area contributed by atoms with Crippen LogP contribution in [-0.4, -0.2) is 29.1 Å². The van der Waals surface area contributed by atoms with Gasteiger partial charge >= 0.3 is 17.9 Å². The van der Waals surface area contributed by atoms with Crippen molar-refractivity contribution in [3.63, 3.8) is 0 Å². The second-order valence-corrected chi connectivity index (χ2v) is 9.28. The van der Waals surface area contributed by atoms with Gasteiger partial charge in [0.25, 0.3) is 0 Å². The number of carboxylic acids is 1. The molecule has 0 saturated heterocycles. The normalized spacial score (nSPS) is 11.7. The van der Waals surface area contributed by atoms with E-state index in [0.717, 1.165) is 0 Å². The maximum absolute atomic E-state index is 12.9. The molecule has 0 amide bonds. The molecule has 0 bridgehead atoms. The van der Waals surface area contributed by atoms with E-state index in [0.29, 0.717) is 0 Å². The summed E-state index contributed by atoms with van der Waals surface area (Å²) in [6.45, 7) is 5.79. The van der Waals surface area contributed by atoms with Gasteiger partial charge in [0.05, 0.1) is 10.9 Å². The van der Waals surface area contributed by atoms with E-state index in [-0.39, 0.29) is 22.9 Å². The van der Waals surface area contributed by atoms with Crippen LogP contribution in [-0.2, 0) is 25.2 Å². The minimum absolute atomic E-state index is 0.0146. The van der Waals surface area contributed by atoms with Gasteiger partial charge in [-0.3, -0.25) is 0 Å². The lowest BCUT2D eigenvalue weighted by Gasteiger charge is -2.22. The molecule has 7 heteroatoms. The molecule has 178 valence electrons. The number of hydrogen-bond donors (Lipinski definition) is 1. The van der Waals surface area contributed by atoms with E-state index in [2.05, 4.69) is 102 Å². The van der Waals surface area contributed by atoms with Crippen molar-refractivity contribution in [2.45, 2.75) is 47.0 Å². The average Bonchev–Trinajstić information content (AvgIpc) is 2.84. The van der Waals surface area contributed by atoms with Gasteiger partial charge in [-0.25, -0.2) is 9.59 Å². The maximum Gasteiger partial charge on any atom is 0.378 e. The highest BCUT2D eigenvalue weighted by atomic mass is 32.2. The van der Waals surface area contributed by atoms with Crippen LogP contribution in [0.25, 0.3) is 0 Å². The molecule has 4 nitrogen and oxygen atoms in total. The summed E-state index contributed by atoms with van der Waals surface area (Å²) in [6.07, 6.45) is -2.27. The highest BCUT2D eigenvalue weighted by Gasteiger charge is 2.49. The Morgan fingerprint density at radius 1 is 0.882 bits per heavy atom. The summed E-state index contributed by atoms with van der Waals surface area (Å²) in [6, 6.07) is 32.2. The third-order valence-electron chi connectivity index (χ3n) is 4.59. The van der Waals surface area contributed by atoms with E-state index in [9.17, 15) is 18.4 Å². The number of carboxylic acid groups (broad SMARTS) is 1. The fourth-order valence-electron chi connectivity index (χ4n) is 2.86. The zero-order valence-corrected chi connectivity index (χ0v) is 19.8. The third-order valence-corrected chi connectivity index (χ3v) is 6.83. The van der Waals surface area contributed by atoms with Crippen LogP contribution in [0.1, 0.15) is 20.3 Å². The molecule has 0 radical (unpaired) electrons. The predicted octanol–water partition coefficient (Wildman–Crippen LogP) is 6.39. The van der Waals surface area contributed by atoms with Gasteiger partial charge in [-0.05, 0) is 49.7 Å². The summed E-state index contributed by atoms with van der Waals surface area (Å²) in [4.78, 5) is 25.2. The van der Waals surface area contributed by atoms with Gasteiger partial charge in [-0.2, -0.15) is 8.78 Å². The van der Waals surface area contributed by atoms with Gasteiger partial charge in [0.15, 0.2) is 20.8 Å². The lowest BCUT2D eigenvalue weighted by atomic mass is 10.1. The minimum Gasteiger partial charge on any atom is -0.477 e. The number of carbonyl (C=O) groups is 2. The summed E-state index contributed by atoms with van der Waals surface area (Å²) >= 11 is 0. The summed E-state index contributed by atoms with van der Waals surface area (Å²) in [5, 5.41) is 8.23. The minimum atomic E-state index is -4.08. The van der Waals surface area contributed by atoms with Crippen molar-refractivity contribution in [3.05, 3.63) is 103 Å². The molecule has 0 aliphatic heterocycles. The Kier molecular flexibility index (Phi) is 10.0. The standard InChI is InChI=1S/C18H15S.C9H12F2O4/c1-4-10-16(11-5-1)19(17-12-6-2-7-13-17)18-14-8-3-9-15-18;1-4-6(9(10,11)8(13)14)15-7(12)5(2)3/h1-15H;6H,2,4H2,1,3H3,(H,13,14)/q+1;. The van der Waals surface area contributed by atoms with E-state index in [4.69, 9.17) is 5.11 Å². The average molecular weight is 486 g/mol. The van der Waals surface area contributed by atoms with Crippen LogP contribution in [0.3, 0.4) is 0 Å². The van der Waals surface area contributed by atoms with Crippen molar-refractivity contribution in [1.29, 1.82) is 0 Å². The fourth-order valence-corrected chi connectivity index (χ4v) is 4.96. The number of aliphatic carboxylic acids is 1. The zero-order valence-electron chi connectivity index (χ0n) is 19.0. The molecule has 0 fully saturated rings. The molecule has 0 aliphatic carbocycles. The molecule has 1 atom stereocenters. The van der Waals surface area contributed by atoms with Crippen LogP contribution in [0.15, 0.2) is 118 Å². The first-order valence-electron chi connectivity index (χ1n) is 10.6. The molecule has 0 aliphatic rings. The van der Waals surface area contributed by atoms with Gasteiger partial charge in [-0.15, -0.1) is 0 Å². The second kappa shape index (κ2) is 12.7. The molecule has 0 saturated carbocycles. The van der Waals surface area contributed by atoms with Gasteiger partial charge in [0.2, 0.25) is 0 Å². The molecule has 1 N–H and O–H groups in total. The van der Waals surface area contributed by atoms with E-state index < -0.39 is 24.0 Å². The molecule has 0 aromatic heterocycles. The van der Waals surface area contributed by atoms with Crippen molar-refractivity contribution < 1.29 is 28.2 Å². The summed E-state index contributed by atoms with van der Waals surface area (Å²) < 4.78 is 30.2. The first kappa shape index (κ1) is 26.8. The Labute approximate surface area is 201 Å². The molecule has 3 aromatic rings. The summed E-state index contributed by atoms with van der Waals surface area (Å²) in [5.74, 6) is -7.42. The number of carbonyl (C=O) groups excluding carboxylic acids is 1. The van der Waals surface area contributed by atoms with Gasteiger partial charge in [-0.1, -0.05) is 68.1 Å². The largest absolute Gasteiger partial charge is 0.477 e. The molecular weight excluding hydrogens is 458 g/mol. The van der Waals surface area contributed by atoms with Crippen LogP contribution < -0.4 is 0 Å². The molecule has 3 rings (SSSR count). The quantitative estimate of drug-likeness (QED) is 0.228. The SMILES string of the molecule is C=C(C)C(=O)OC(CC)C(F)(F)C(=O)O.c1ccc([S+](c2ccccc2)c2ccccc2)cc1. The predicted molar refractivity (Wildman–Crippen MR) is 129 cm³/mol. The van der Waals surface area contributed by atoms with Crippen molar-refractivity contribution >= 4 is 22.8 Å². The molecule has 1 unspecified atom stereocenters. The monoisotopic (exact) mass is 485 g/mol. The van der Waals surface area contributed by atoms with E-state index in [1.54, 1.807) is 0 Å². The van der Waals surface area contributed by atoms with Crippen molar-refractivity contribution in [3.8, 4) is 0 Å². The lowest BCUT2D eigenvalue weighted by Crippen LogP contribution is -2.43.